The number of ether oxygens (including phenoxy) is 2. The summed E-state index contributed by atoms with van der Waals surface area (Å²) in [6.45, 7) is 3.63. The molecule has 2 aromatic carbocycles. The van der Waals surface area contributed by atoms with Crippen molar-refractivity contribution < 1.29 is 19.1 Å². The molecule has 2 aromatic rings. The molecule has 0 atom stereocenters. The van der Waals surface area contributed by atoms with E-state index in [1.54, 1.807) is 62.4 Å². The fourth-order valence-electron chi connectivity index (χ4n) is 2.74. The molecule has 0 unspecified atom stereocenters. The number of esters is 2. The van der Waals surface area contributed by atoms with Crippen molar-refractivity contribution in [2.24, 2.45) is 5.41 Å². The topological polar surface area (TPSA) is 52.6 Å². The van der Waals surface area contributed by atoms with Crippen LogP contribution in [0, 0.1) is 5.41 Å². The van der Waals surface area contributed by atoms with Crippen LogP contribution >= 0.6 is 23.2 Å². The number of carbonyl (C=O) groups excluding carboxylic acids is 2. The molecule has 0 spiro atoms. The first-order valence-electron chi connectivity index (χ1n) is 8.74. The number of benzene rings is 2. The maximum Gasteiger partial charge on any atom is 0.323 e. The van der Waals surface area contributed by atoms with Gasteiger partial charge in [-0.15, -0.1) is 0 Å². The van der Waals surface area contributed by atoms with Crippen molar-refractivity contribution in [2.75, 3.05) is 0 Å². The van der Waals surface area contributed by atoms with Gasteiger partial charge in [0.1, 0.15) is 13.2 Å². The van der Waals surface area contributed by atoms with Crippen molar-refractivity contribution in [1.82, 2.24) is 0 Å². The summed E-state index contributed by atoms with van der Waals surface area (Å²) < 4.78 is 10.8. The highest BCUT2D eigenvalue weighted by atomic mass is 35.5. The Hall–Kier alpha value is -2.04. The summed E-state index contributed by atoms with van der Waals surface area (Å²) in [4.78, 5) is 25.4. The van der Waals surface area contributed by atoms with Gasteiger partial charge in [-0.25, -0.2) is 0 Å². The lowest BCUT2D eigenvalue weighted by molar-refractivity contribution is -0.175. The van der Waals surface area contributed by atoms with E-state index >= 15 is 0 Å². The second kappa shape index (κ2) is 9.77. The number of halogens is 2. The van der Waals surface area contributed by atoms with E-state index in [0.717, 1.165) is 11.1 Å². The van der Waals surface area contributed by atoms with E-state index in [0.29, 0.717) is 10.0 Å². The van der Waals surface area contributed by atoms with E-state index in [1.165, 1.54) is 0 Å². The Morgan fingerprint density at radius 1 is 0.815 bits per heavy atom. The average Bonchev–Trinajstić information content (AvgIpc) is 2.66. The molecule has 0 aromatic heterocycles. The van der Waals surface area contributed by atoms with Gasteiger partial charge in [0.2, 0.25) is 0 Å². The fourth-order valence-corrected chi connectivity index (χ4v) is 3.16. The maximum absolute atomic E-state index is 12.7. The molecule has 144 valence electrons. The second-order valence-corrected chi connectivity index (χ2v) is 7.07. The van der Waals surface area contributed by atoms with E-state index < -0.39 is 17.4 Å². The molecular weight excluding hydrogens is 387 g/mol. The Balaban J connectivity index is 2.05. The molecule has 0 fully saturated rings. The minimum absolute atomic E-state index is 0.0444. The van der Waals surface area contributed by atoms with E-state index in [2.05, 4.69) is 0 Å². The first-order chi connectivity index (χ1) is 12.9. The highest BCUT2D eigenvalue weighted by Gasteiger charge is 2.46. The molecule has 2 rings (SSSR count). The van der Waals surface area contributed by atoms with Gasteiger partial charge in [-0.3, -0.25) is 9.59 Å². The van der Waals surface area contributed by atoms with Gasteiger partial charge < -0.3 is 9.47 Å². The monoisotopic (exact) mass is 408 g/mol. The lowest BCUT2D eigenvalue weighted by Crippen LogP contribution is -2.41. The van der Waals surface area contributed by atoms with Gasteiger partial charge in [-0.1, -0.05) is 61.3 Å². The van der Waals surface area contributed by atoms with Crippen molar-refractivity contribution in [1.29, 1.82) is 0 Å². The van der Waals surface area contributed by atoms with Gasteiger partial charge in [0.15, 0.2) is 5.41 Å². The third-order valence-electron chi connectivity index (χ3n) is 4.51. The number of rotatable bonds is 8. The molecule has 0 bridgehead atoms. The van der Waals surface area contributed by atoms with E-state index in [1.807, 2.05) is 0 Å². The van der Waals surface area contributed by atoms with Crippen LogP contribution in [0.2, 0.25) is 10.0 Å². The molecule has 0 saturated heterocycles. The summed E-state index contributed by atoms with van der Waals surface area (Å²) in [5, 5.41) is 1.11. The standard InChI is InChI=1S/C21H22Cl2O4/c1-3-21(4-2,19(24)26-13-15-7-5-9-17(22)11-15)20(25)27-14-16-8-6-10-18(23)12-16/h5-12H,3-4,13-14H2,1-2H3. The Morgan fingerprint density at radius 2 is 1.22 bits per heavy atom. The molecule has 6 heteroatoms. The zero-order chi connectivity index (χ0) is 19.9. The van der Waals surface area contributed by atoms with Crippen LogP contribution in [0.25, 0.3) is 0 Å². The Bertz CT molecular complexity index is 737. The SMILES string of the molecule is CCC(CC)(C(=O)OCc1cccc(Cl)c1)C(=O)OCc1cccc(Cl)c1. The van der Waals surface area contributed by atoms with E-state index in [-0.39, 0.29) is 26.1 Å². The molecule has 0 heterocycles. The van der Waals surface area contributed by atoms with Crippen molar-refractivity contribution in [3.63, 3.8) is 0 Å². The fraction of sp³-hybridized carbons (Fsp3) is 0.333. The molecule has 27 heavy (non-hydrogen) atoms. The van der Waals surface area contributed by atoms with Gasteiger partial charge in [-0.05, 0) is 48.2 Å². The van der Waals surface area contributed by atoms with Crippen LogP contribution in [-0.4, -0.2) is 11.9 Å². The lowest BCUT2D eigenvalue weighted by atomic mass is 9.82. The predicted octanol–water partition coefficient (Wildman–Crippen LogP) is 5.59. The molecule has 0 aliphatic rings. The van der Waals surface area contributed by atoms with Crippen LogP contribution < -0.4 is 0 Å². The van der Waals surface area contributed by atoms with E-state index in [9.17, 15) is 9.59 Å². The highest BCUT2D eigenvalue weighted by Crippen LogP contribution is 2.31. The lowest BCUT2D eigenvalue weighted by Gasteiger charge is -2.27. The molecule has 0 saturated carbocycles. The second-order valence-electron chi connectivity index (χ2n) is 6.20. The molecule has 0 N–H and O–H groups in total. The molecule has 0 aliphatic carbocycles. The first-order valence-corrected chi connectivity index (χ1v) is 9.50. The van der Waals surface area contributed by atoms with Crippen LogP contribution in [0.3, 0.4) is 0 Å². The molecule has 0 aliphatic heterocycles. The summed E-state index contributed by atoms with van der Waals surface area (Å²) in [5.74, 6) is -1.19. The molecular formula is C21H22Cl2O4. The van der Waals surface area contributed by atoms with Crippen molar-refractivity contribution in [2.45, 2.75) is 39.9 Å². The first kappa shape index (κ1) is 21.3. The number of hydrogen-bond donors (Lipinski definition) is 0. The Kier molecular flexibility index (Phi) is 7.69. The van der Waals surface area contributed by atoms with Gasteiger partial charge >= 0.3 is 11.9 Å². The van der Waals surface area contributed by atoms with Gasteiger partial charge in [0.05, 0.1) is 0 Å². The van der Waals surface area contributed by atoms with Crippen molar-refractivity contribution in [3.8, 4) is 0 Å². The van der Waals surface area contributed by atoms with Gasteiger partial charge in [0.25, 0.3) is 0 Å². The van der Waals surface area contributed by atoms with E-state index in [4.69, 9.17) is 32.7 Å². The Labute approximate surface area is 169 Å². The number of hydrogen-bond acceptors (Lipinski definition) is 4. The summed E-state index contributed by atoms with van der Waals surface area (Å²) in [7, 11) is 0. The maximum atomic E-state index is 12.7. The largest absolute Gasteiger partial charge is 0.460 e. The molecule has 4 nitrogen and oxygen atoms in total. The third kappa shape index (κ3) is 5.47. The van der Waals surface area contributed by atoms with Gasteiger partial charge in [-0.2, -0.15) is 0 Å². The minimum Gasteiger partial charge on any atom is -0.460 e. The van der Waals surface area contributed by atoms with Gasteiger partial charge in [0, 0.05) is 10.0 Å². The summed E-state index contributed by atoms with van der Waals surface area (Å²) >= 11 is 11.9. The summed E-state index contributed by atoms with van der Waals surface area (Å²) in [5.41, 5.74) is 0.172. The van der Waals surface area contributed by atoms with Crippen molar-refractivity contribution >= 4 is 35.1 Å². The van der Waals surface area contributed by atoms with Crippen LogP contribution in [0.4, 0.5) is 0 Å². The average molecular weight is 409 g/mol. The summed E-state index contributed by atoms with van der Waals surface area (Å²) in [6, 6.07) is 14.1. The predicted molar refractivity (Wildman–Crippen MR) is 106 cm³/mol. The molecule has 0 amide bonds. The van der Waals surface area contributed by atoms with Crippen molar-refractivity contribution in [3.05, 3.63) is 69.7 Å². The smallest absolute Gasteiger partial charge is 0.323 e. The molecule has 0 radical (unpaired) electrons. The normalized spacial score (nSPS) is 11.1. The minimum atomic E-state index is -1.34. The summed E-state index contributed by atoms with van der Waals surface area (Å²) in [6.07, 6.45) is 0.568. The third-order valence-corrected chi connectivity index (χ3v) is 4.98. The Morgan fingerprint density at radius 3 is 1.56 bits per heavy atom. The zero-order valence-electron chi connectivity index (χ0n) is 15.3. The van der Waals surface area contributed by atoms with Crippen LogP contribution in [0.5, 0.6) is 0 Å². The zero-order valence-corrected chi connectivity index (χ0v) is 16.8. The van der Waals surface area contributed by atoms with Crippen LogP contribution in [-0.2, 0) is 32.3 Å². The van der Waals surface area contributed by atoms with Crippen LogP contribution in [0.15, 0.2) is 48.5 Å². The quantitative estimate of drug-likeness (QED) is 0.422. The number of carbonyl (C=O) groups is 2. The highest BCUT2D eigenvalue weighted by molar-refractivity contribution is 6.30. The van der Waals surface area contributed by atoms with Crippen LogP contribution in [0.1, 0.15) is 37.8 Å².